The van der Waals surface area contributed by atoms with Crippen molar-refractivity contribution in [2.75, 3.05) is 11.8 Å². The van der Waals surface area contributed by atoms with Crippen LogP contribution in [0.1, 0.15) is 32.7 Å². The topological polar surface area (TPSA) is 135 Å². The Hall–Kier alpha value is -3.28. The molecule has 35 heavy (non-hydrogen) atoms. The molecule has 0 spiro atoms. The highest BCUT2D eigenvalue weighted by Crippen LogP contribution is 2.27. The van der Waals surface area contributed by atoms with Crippen LogP contribution in [-0.4, -0.2) is 36.9 Å². The minimum atomic E-state index is -4.38. The highest BCUT2D eigenvalue weighted by atomic mass is 32.2. The number of aromatic nitrogens is 1. The molecule has 186 valence electrons. The maximum Gasteiger partial charge on any atom is 0.357 e. The molecule has 9 nitrogen and oxygen atoms in total. The van der Waals surface area contributed by atoms with Gasteiger partial charge in [0, 0.05) is 4.88 Å². The van der Waals surface area contributed by atoms with Gasteiger partial charge in [0.1, 0.15) is 10.9 Å². The van der Waals surface area contributed by atoms with E-state index in [0.29, 0.717) is 11.4 Å². The maximum atomic E-state index is 13.3. The number of methoxy groups -OCH3 is 1. The van der Waals surface area contributed by atoms with E-state index in [-0.39, 0.29) is 12.1 Å². The van der Waals surface area contributed by atoms with Crippen molar-refractivity contribution in [1.82, 2.24) is 10.3 Å². The lowest BCUT2D eigenvalue weighted by Crippen LogP contribution is -2.40. The van der Waals surface area contributed by atoms with Crippen LogP contribution >= 0.6 is 11.3 Å². The van der Waals surface area contributed by atoms with Crippen LogP contribution in [0.4, 0.5) is 5.69 Å². The Kier molecular flexibility index (Phi) is 8.60. The number of aryl methyl sites for hydroxylation is 2. The lowest BCUT2D eigenvalue weighted by molar-refractivity contribution is -0.150. The second-order valence-electron chi connectivity index (χ2n) is 8.00. The number of ether oxygens (including phenoxy) is 1. The lowest BCUT2D eigenvalue weighted by atomic mass is 9.97. The van der Waals surface area contributed by atoms with Crippen LogP contribution in [0.15, 0.2) is 54.6 Å². The molecule has 3 rings (SSSR count). The van der Waals surface area contributed by atoms with E-state index >= 15 is 0 Å². The summed E-state index contributed by atoms with van der Waals surface area (Å²) in [4.78, 5) is 31.4. The smallest absolute Gasteiger partial charge is 0.357 e. The Labute approximate surface area is 208 Å². The first-order valence-corrected chi connectivity index (χ1v) is 13.0. The summed E-state index contributed by atoms with van der Waals surface area (Å²) in [6, 6.07) is 15.1. The first kappa shape index (κ1) is 26.3. The average molecular weight is 518 g/mol. The number of hydrogen-bond acceptors (Lipinski definition) is 7. The molecule has 1 heterocycles. The van der Waals surface area contributed by atoms with Gasteiger partial charge in [0.15, 0.2) is 0 Å². The molecule has 2 unspecified atom stereocenters. The molecule has 0 saturated carbocycles. The van der Waals surface area contributed by atoms with Gasteiger partial charge in [0.05, 0.1) is 24.5 Å². The summed E-state index contributed by atoms with van der Waals surface area (Å²) >= 11 is 1.46. The highest BCUT2D eigenvalue weighted by molar-refractivity contribution is 7.87. The SMILES string of the molecule is COC(=O)C(Cc1ccccc1)C(=O)NC(Cc1ccc(NS(=O)(=O)O)cc1)c1nc(C)c(C)s1. The fourth-order valence-electron chi connectivity index (χ4n) is 3.49. The number of esters is 1. The highest BCUT2D eigenvalue weighted by Gasteiger charge is 2.31. The van der Waals surface area contributed by atoms with E-state index in [2.05, 4.69) is 10.3 Å². The third-order valence-corrected chi connectivity index (χ3v) is 7.07. The molecule has 0 fully saturated rings. The third-order valence-electron chi connectivity index (χ3n) is 5.39. The predicted molar refractivity (Wildman–Crippen MR) is 133 cm³/mol. The Balaban J connectivity index is 1.84. The fraction of sp³-hybridized carbons (Fsp3) is 0.292. The Morgan fingerprint density at radius 2 is 1.66 bits per heavy atom. The van der Waals surface area contributed by atoms with E-state index in [1.165, 1.54) is 30.6 Å². The Morgan fingerprint density at radius 1 is 1.03 bits per heavy atom. The van der Waals surface area contributed by atoms with E-state index in [0.717, 1.165) is 21.7 Å². The molecule has 1 amide bonds. The quantitative estimate of drug-likeness (QED) is 0.213. The van der Waals surface area contributed by atoms with Crippen LogP contribution in [-0.2, 0) is 37.5 Å². The minimum absolute atomic E-state index is 0.192. The summed E-state index contributed by atoms with van der Waals surface area (Å²) in [5.74, 6) is -2.13. The fourth-order valence-corrected chi connectivity index (χ4v) is 4.90. The molecule has 1 aromatic heterocycles. The molecule has 2 atom stereocenters. The second-order valence-corrected chi connectivity index (χ2v) is 10.4. The number of hydrogen-bond donors (Lipinski definition) is 3. The number of carbonyl (C=O) groups excluding carboxylic acids is 2. The van der Waals surface area contributed by atoms with Crippen LogP contribution < -0.4 is 10.0 Å². The zero-order chi connectivity index (χ0) is 25.6. The van der Waals surface area contributed by atoms with E-state index in [9.17, 15) is 18.0 Å². The molecule has 0 radical (unpaired) electrons. The number of carbonyl (C=O) groups is 2. The zero-order valence-corrected chi connectivity index (χ0v) is 21.2. The van der Waals surface area contributed by atoms with E-state index in [1.807, 2.05) is 48.9 Å². The molecule has 2 aromatic carbocycles. The molecule has 3 N–H and O–H groups in total. The normalized spacial score (nSPS) is 13.0. The summed E-state index contributed by atoms with van der Waals surface area (Å²) in [5, 5.41) is 3.66. The van der Waals surface area contributed by atoms with E-state index in [1.54, 1.807) is 12.1 Å². The van der Waals surface area contributed by atoms with E-state index < -0.39 is 34.1 Å². The van der Waals surface area contributed by atoms with Gasteiger partial charge in [-0.25, -0.2) is 4.98 Å². The minimum Gasteiger partial charge on any atom is -0.468 e. The van der Waals surface area contributed by atoms with Gasteiger partial charge in [-0.3, -0.25) is 18.9 Å². The Bertz CT molecular complexity index is 1250. The van der Waals surface area contributed by atoms with Gasteiger partial charge in [0.25, 0.3) is 0 Å². The van der Waals surface area contributed by atoms with Crippen LogP contribution in [0.3, 0.4) is 0 Å². The Morgan fingerprint density at radius 3 is 2.20 bits per heavy atom. The van der Waals surface area contributed by atoms with Crippen LogP contribution in [0, 0.1) is 19.8 Å². The number of nitrogens with zero attached hydrogens (tertiary/aromatic N) is 1. The number of nitrogens with one attached hydrogen (secondary N) is 2. The predicted octanol–water partition coefficient (Wildman–Crippen LogP) is 3.41. The lowest BCUT2D eigenvalue weighted by Gasteiger charge is -2.21. The monoisotopic (exact) mass is 517 g/mol. The standard InChI is InChI=1S/C24H27N3O6S2/c1-15-16(2)34-23(25-15)21(14-18-9-11-19(12-10-18)27-35(30,31)32)26-22(28)20(24(29)33-3)13-17-7-5-4-6-8-17/h4-12,20-21,27H,13-14H2,1-3H3,(H,26,28)(H,30,31,32). The van der Waals surface area contributed by atoms with Crippen LogP contribution in [0.25, 0.3) is 0 Å². The van der Waals surface area contributed by atoms with Gasteiger partial charge in [0.2, 0.25) is 5.91 Å². The van der Waals surface area contributed by atoms with Crippen molar-refractivity contribution < 1.29 is 27.3 Å². The summed E-state index contributed by atoms with van der Waals surface area (Å²) in [6.45, 7) is 3.83. The van der Waals surface area contributed by atoms with Gasteiger partial charge in [-0.15, -0.1) is 11.3 Å². The van der Waals surface area contributed by atoms with Crippen molar-refractivity contribution in [3.63, 3.8) is 0 Å². The molecule has 3 aromatic rings. The first-order chi connectivity index (χ1) is 16.6. The molecule has 0 bridgehead atoms. The summed E-state index contributed by atoms with van der Waals surface area (Å²) in [7, 11) is -3.13. The van der Waals surface area contributed by atoms with Crippen molar-refractivity contribution in [2.45, 2.75) is 32.7 Å². The van der Waals surface area contributed by atoms with Gasteiger partial charge in [-0.05, 0) is 49.9 Å². The third kappa shape index (κ3) is 7.61. The zero-order valence-electron chi connectivity index (χ0n) is 19.5. The van der Waals surface area contributed by atoms with Crippen LogP contribution in [0.5, 0.6) is 0 Å². The van der Waals surface area contributed by atoms with Gasteiger partial charge < -0.3 is 10.1 Å². The number of amides is 1. The number of benzene rings is 2. The van der Waals surface area contributed by atoms with E-state index in [4.69, 9.17) is 9.29 Å². The van der Waals surface area contributed by atoms with Crippen molar-refractivity contribution in [1.29, 1.82) is 0 Å². The van der Waals surface area contributed by atoms with Gasteiger partial charge in [-0.2, -0.15) is 8.42 Å². The van der Waals surface area contributed by atoms with Gasteiger partial charge >= 0.3 is 16.3 Å². The number of thiazole rings is 1. The molecule has 11 heteroatoms. The van der Waals surface area contributed by atoms with Crippen molar-refractivity contribution in [3.05, 3.63) is 81.3 Å². The molecule has 0 aliphatic heterocycles. The largest absolute Gasteiger partial charge is 0.468 e. The van der Waals surface area contributed by atoms with Crippen LogP contribution in [0.2, 0.25) is 0 Å². The molecule has 0 saturated heterocycles. The first-order valence-electron chi connectivity index (χ1n) is 10.8. The summed E-state index contributed by atoms with van der Waals surface area (Å²) in [5.41, 5.74) is 2.67. The molecule has 0 aliphatic carbocycles. The number of rotatable bonds is 10. The summed E-state index contributed by atoms with van der Waals surface area (Å²) in [6.07, 6.45) is 0.543. The molecular weight excluding hydrogens is 490 g/mol. The van der Waals surface area contributed by atoms with Crippen molar-refractivity contribution in [3.8, 4) is 0 Å². The second kappa shape index (κ2) is 11.4. The molecule has 0 aliphatic rings. The number of anilines is 1. The van der Waals surface area contributed by atoms with Gasteiger partial charge in [-0.1, -0.05) is 42.5 Å². The summed E-state index contributed by atoms with van der Waals surface area (Å²) < 4.78 is 37.9. The molecular formula is C24H27N3O6S2. The average Bonchev–Trinajstić information content (AvgIpc) is 3.15. The maximum absolute atomic E-state index is 13.3. The van der Waals surface area contributed by atoms with Crippen molar-refractivity contribution >= 4 is 39.2 Å². The van der Waals surface area contributed by atoms with Crippen molar-refractivity contribution in [2.24, 2.45) is 5.92 Å².